The van der Waals surface area contributed by atoms with Gasteiger partial charge in [-0.05, 0) is 13.3 Å². The Kier molecular flexibility index (Phi) is 4.55. The van der Waals surface area contributed by atoms with Gasteiger partial charge in [0.15, 0.2) is 11.2 Å². The van der Waals surface area contributed by atoms with Crippen molar-refractivity contribution in [1.82, 2.24) is 18.7 Å². The number of fused-ring (bicyclic) bond motifs is 1. The van der Waals surface area contributed by atoms with Crippen LogP contribution in [0.25, 0.3) is 11.2 Å². The number of rotatable bonds is 5. The lowest BCUT2D eigenvalue weighted by molar-refractivity contribution is 0.500. The molecule has 2 aromatic rings. The Morgan fingerprint density at radius 1 is 1.18 bits per heavy atom. The molecule has 7 nitrogen and oxygen atoms in total. The molecule has 1 unspecified atom stereocenters. The number of imidazole rings is 1. The summed E-state index contributed by atoms with van der Waals surface area (Å²) in [5.41, 5.74) is 6.19. The van der Waals surface area contributed by atoms with Crippen LogP contribution in [0.3, 0.4) is 0 Å². The van der Waals surface area contributed by atoms with Gasteiger partial charge >= 0.3 is 5.69 Å². The van der Waals surface area contributed by atoms with Crippen molar-refractivity contribution in [2.24, 2.45) is 12.8 Å². The van der Waals surface area contributed by atoms with Crippen molar-refractivity contribution in [2.45, 2.75) is 59.2 Å². The smallest absolute Gasteiger partial charge is 0.326 e. The molecule has 1 atom stereocenters. The number of hydrogen-bond acceptors (Lipinski definition) is 4. The highest BCUT2D eigenvalue weighted by Crippen LogP contribution is 2.18. The summed E-state index contributed by atoms with van der Waals surface area (Å²) >= 11 is 0. The Bertz CT molecular complexity index is 797. The first kappa shape index (κ1) is 16.5. The summed E-state index contributed by atoms with van der Waals surface area (Å²) in [5, 5.41) is 0. The monoisotopic (exact) mass is 307 g/mol. The fourth-order valence-corrected chi connectivity index (χ4v) is 2.67. The predicted octanol–water partition coefficient (Wildman–Crippen LogP) is 0.777. The highest BCUT2D eigenvalue weighted by Gasteiger charge is 2.21. The number of aryl methyl sites for hydroxylation is 2. The second-order valence-corrected chi connectivity index (χ2v) is 5.97. The van der Waals surface area contributed by atoms with Crippen LogP contribution in [-0.2, 0) is 20.1 Å². The maximum atomic E-state index is 12.8. The lowest BCUT2D eigenvalue weighted by Crippen LogP contribution is -2.43. The van der Waals surface area contributed by atoms with E-state index in [2.05, 4.69) is 4.98 Å². The molecule has 0 radical (unpaired) electrons. The standard InChI is InChI=1S/C15H25N5O2/c1-6-10(16)8-20-14(21)11-13(18(5)15(20)22)17-12(9(3)4)19(11)7-2/h9-10H,6-8,16H2,1-5H3. The van der Waals surface area contributed by atoms with E-state index >= 15 is 0 Å². The van der Waals surface area contributed by atoms with Gasteiger partial charge in [0, 0.05) is 32.1 Å². The molecular weight excluding hydrogens is 282 g/mol. The zero-order valence-electron chi connectivity index (χ0n) is 14.0. The van der Waals surface area contributed by atoms with E-state index in [1.54, 1.807) is 7.05 Å². The average Bonchev–Trinajstić information content (AvgIpc) is 2.88. The molecule has 122 valence electrons. The number of aromatic nitrogens is 4. The predicted molar refractivity (Wildman–Crippen MR) is 87.3 cm³/mol. The maximum absolute atomic E-state index is 12.8. The lowest BCUT2D eigenvalue weighted by Gasteiger charge is -2.13. The van der Waals surface area contributed by atoms with Crippen LogP contribution < -0.4 is 17.0 Å². The van der Waals surface area contributed by atoms with Crippen LogP contribution in [0.15, 0.2) is 9.59 Å². The van der Waals surface area contributed by atoms with Gasteiger partial charge in [0.25, 0.3) is 5.56 Å². The van der Waals surface area contributed by atoms with Gasteiger partial charge in [-0.2, -0.15) is 0 Å². The first-order valence-electron chi connectivity index (χ1n) is 7.78. The Morgan fingerprint density at radius 3 is 2.32 bits per heavy atom. The molecule has 0 saturated carbocycles. The highest BCUT2D eigenvalue weighted by molar-refractivity contribution is 5.71. The molecule has 0 aliphatic carbocycles. The molecule has 2 aromatic heterocycles. The van der Waals surface area contributed by atoms with Crippen LogP contribution >= 0.6 is 0 Å². The van der Waals surface area contributed by atoms with Crippen LogP contribution in [0.1, 0.15) is 45.9 Å². The third kappa shape index (κ3) is 2.49. The average molecular weight is 307 g/mol. The molecule has 2 rings (SSSR count). The summed E-state index contributed by atoms with van der Waals surface area (Å²) in [5.74, 6) is 0.996. The third-order valence-corrected chi connectivity index (χ3v) is 4.04. The Morgan fingerprint density at radius 2 is 1.82 bits per heavy atom. The summed E-state index contributed by atoms with van der Waals surface area (Å²) in [4.78, 5) is 29.8. The molecule has 2 N–H and O–H groups in total. The van der Waals surface area contributed by atoms with E-state index in [1.807, 2.05) is 32.3 Å². The van der Waals surface area contributed by atoms with Crippen molar-refractivity contribution >= 4 is 11.2 Å². The van der Waals surface area contributed by atoms with Crippen molar-refractivity contribution in [3.63, 3.8) is 0 Å². The molecule has 0 aliphatic rings. The lowest BCUT2D eigenvalue weighted by atomic mass is 10.2. The van der Waals surface area contributed by atoms with Gasteiger partial charge in [0.1, 0.15) is 5.82 Å². The van der Waals surface area contributed by atoms with Gasteiger partial charge < -0.3 is 10.3 Å². The van der Waals surface area contributed by atoms with E-state index in [9.17, 15) is 9.59 Å². The molecule has 7 heteroatoms. The minimum absolute atomic E-state index is 0.174. The third-order valence-electron chi connectivity index (χ3n) is 4.04. The summed E-state index contributed by atoms with van der Waals surface area (Å²) in [7, 11) is 1.65. The molecule has 0 saturated heterocycles. The molecule has 0 aliphatic heterocycles. The first-order valence-corrected chi connectivity index (χ1v) is 7.78. The van der Waals surface area contributed by atoms with Crippen LogP contribution in [0.5, 0.6) is 0 Å². The molecule has 0 bridgehead atoms. The van der Waals surface area contributed by atoms with Gasteiger partial charge in [-0.25, -0.2) is 9.78 Å². The summed E-state index contributed by atoms with van der Waals surface area (Å²) in [6.45, 7) is 8.82. The Hall–Kier alpha value is -1.89. The van der Waals surface area contributed by atoms with Crippen LogP contribution in [0, 0.1) is 0 Å². The summed E-state index contributed by atoms with van der Waals surface area (Å²) < 4.78 is 4.57. The molecule has 2 heterocycles. The fourth-order valence-electron chi connectivity index (χ4n) is 2.67. The SMILES string of the molecule is CCC(N)Cn1c(=O)c2c(nc(C(C)C)n2CC)n(C)c1=O. The quantitative estimate of drug-likeness (QED) is 0.884. The number of nitrogens with two attached hydrogens (primary N) is 1. The van der Waals surface area contributed by atoms with Crippen molar-refractivity contribution in [2.75, 3.05) is 0 Å². The molecular formula is C15H25N5O2. The minimum atomic E-state index is -0.363. The van der Waals surface area contributed by atoms with Crippen molar-refractivity contribution in [3.05, 3.63) is 26.7 Å². The van der Waals surface area contributed by atoms with E-state index in [4.69, 9.17) is 5.73 Å². The fraction of sp³-hybridized carbons (Fsp3) is 0.667. The zero-order chi connectivity index (χ0) is 16.6. The normalized spacial score (nSPS) is 13.2. The van der Waals surface area contributed by atoms with Gasteiger partial charge in [0.05, 0.1) is 0 Å². The molecule has 0 spiro atoms. The Balaban J connectivity index is 2.86. The van der Waals surface area contributed by atoms with E-state index in [1.165, 1.54) is 9.13 Å². The maximum Gasteiger partial charge on any atom is 0.332 e. The number of hydrogen-bond donors (Lipinski definition) is 1. The zero-order valence-corrected chi connectivity index (χ0v) is 14.0. The van der Waals surface area contributed by atoms with Crippen LogP contribution in [0.4, 0.5) is 0 Å². The molecule has 22 heavy (non-hydrogen) atoms. The highest BCUT2D eigenvalue weighted by atomic mass is 16.2. The van der Waals surface area contributed by atoms with Crippen molar-refractivity contribution < 1.29 is 0 Å². The van der Waals surface area contributed by atoms with Crippen LogP contribution in [0.2, 0.25) is 0 Å². The van der Waals surface area contributed by atoms with Crippen molar-refractivity contribution in [3.8, 4) is 0 Å². The Labute approximate surface area is 129 Å². The van der Waals surface area contributed by atoms with E-state index in [0.717, 1.165) is 5.82 Å². The largest absolute Gasteiger partial charge is 0.332 e. The van der Waals surface area contributed by atoms with Gasteiger partial charge in [0.2, 0.25) is 0 Å². The minimum Gasteiger partial charge on any atom is -0.326 e. The van der Waals surface area contributed by atoms with Crippen LogP contribution in [-0.4, -0.2) is 24.7 Å². The second kappa shape index (κ2) is 6.08. The van der Waals surface area contributed by atoms with E-state index < -0.39 is 0 Å². The summed E-state index contributed by atoms with van der Waals surface area (Å²) in [6, 6.07) is -0.217. The summed E-state index contributed by atoms with van der Waals surface area (Å²) in [6.07, 6.45) is 0.706. The van der Waals surface area contributed by atoms with Gasteiger partial charge in [-0.1, -0.05) is 20.8 Å². The van der Waals surface area contributed by atoms with Gasteiger partial charge in [-0.3, -0.25) is 13.9 Å². The molecule has 0 amide bonds. The molecule has 0 aromatic carbocycles. The van der Waals surface area contributed by atoms with Crippen molar-refractivity contribution in [1.29, 1.82) is 0 Å². The van der Waals surface area contributed by atoms with E-state index in [-0.39, 0.29) is 29.8 Å². The number of nitrogens with zero attached hydrogens (tertiary/aromatic N) is 4. The second-order valence-electron chi connectivity index (χ2n) is 5.97. The first-order chi connectivity index (χ1) is 10.3. The van der Waals surface area contributed by atoms with Gasteiger partial charge in [-0.15, -0.1) is 0 Å². The van der Waals surface area contributed by atoms with E-state index in [0.29, 0.717) is 24.1 Å². The topological polar surface area (TPSA) is 87.8 Å². The molecule has 0 fully saturated rings.